The lowest BCUT2D eigenvalue weighted by atomic mass is 10.1. The van der Waals surface area contributed by atoms with Gasteiger partial charge < -0.3 is 10.4 Å². The van der Waals surface area contributed by atoms with Crippen LogP contribution < -0.4 is 5.32 Å². The van der Waals surface area contributed by atoms with Crippen molar-refractivity contribution in [2.45, 2.75) is 29.8 Å². The number of carbonyl (C=O) groups is 1. The summed E-state index contributed by atoms with van der Waals surface area (Å²) in [7, 11) is -5.40. The van der Waals surface area contributed by atoms with E-state index in [-0.39, 0.29) is 5.69 Å². The largest absolute Gasteiger partial charge is 0.501 e. The van der Waals surface area contributed by atoms with E-state index in [1.165, 1.54) is 13.8 Å². The molecule has 2 N–H and O–H groups in total. The van der Waals surface area contributed by atoms with Gasteiger partial charge in [-0.05, 0) is 38.1 Å². The fourth-order valence-corrected chi connectivity index (χ4v) is 2.03. The maximum atomic E-state index is 12.3. The van der Waals surface area contributed by atoms with Crippen LogP contribution in [0.2, 0.25) is 0 Å². The van der Waals surface area contributed by atoms with Crippen LogP contribution >= 0.6 is 0 Å². The Kier molecular flexibility index (Phi) is 4.04. The molecular weight excluding hydrogens is 299 g/mol. The molecule has 1 aromatic rings. The molecule has 0 heterocycles. The van der Waals surface area contributed by atoms with E-state index in [9.17, 15) is 26.4 Å². The molecule has 0 saturated carbocycles. The van der Waals surface area contributed by atoms with Crippen LogP contribution in [0, 0.1) is 0 Å². The Hall–Kier alpha value is -1.77. The van der Waals surface area contributed by atoms with E-state index >= 15 is 0 Å². The van der Waals surface area contributed by atoms with E-state index in [4.69, 9.17) is 5.11 Å². The zero-order chi connectivity index (χ0) is 15.8. The van der Waals surface area contributed by atoms with E-state index in [0.717, 1.165) is 24.3 Å². The number of aliphatic carboxylic acids is 1. The van der Waals surface area contributed by atoms with E-state index < -0.39 is 31.7 Å². The van der Waals surface area contributed by atoms with Crippen LogP contribution in [-0.2, 0) is 14.6 Å². The summed E-state index contributed by atoms with van der Waals surface area (Å²) in [6.45, 7) is 2.71. The maximum Gasteiger partial charge on any atom is 0.501 e. The summed E-state index contributed by atoms with van der Waals surface area (Å²) in [5, 5.41) is 11.4. The first kappa shape index (κ1) is 16.3. The predicted molar refractivity (Wildman–Crippen MR) is 65.0 cm³/mol. The van der Waals surface area contributed by atoms with Gasteiger partial charge in [-0.1, -0.05) is 0 Å². The second-order valence-corrected chi connectivity index (χ2v) is 6.47. The van der Waals surface area contributed by atoms with Crippen molar-refractivity contribution in [1.82, 2.24) is 0 Å². The number of anilines is 1. The number of hydrogen-bond acceptors (Lipinski definition) is 4. The summed E-state index contributed by atoms with van der Waals surface area (Å²) in [4.78, 5) is 9.98. The van der Waals surface area contributed by atoms with Gasteiger partial charge in [0.1, 0.15) is 5.54 Å². The molecule has 0 aliphatic rings. The molecule has 0 spiro atoms. The van der Waals surface area contributed by atoms with E-state index in [2.05, 4.69) is 5.32 Å². The van der Waals surface area contributed by atoms with Crippen molar-refractivity contribution in [3.8, 4) is 0 Å². The lowest BCUT2D eigenvalue weighted by Crippen LogP contribution is -2.39. The van der Waals surface area contributed by atoms with Crippen molar-refractivity contribution in [2.24, 2.45) is 0 Å². The molecule has 0 atom stereocenters. The Bertz CT molecular complexity index is 606. The third kappa shape index (κ3) is 3.21. The van der Waals surface area contributed by atoms with Gasteiger partial charge in [0.15, 0.2) is 0 Å². The minimum atomic E-state index is -5.40. The van der Waals surface area contributed by atoms with Crippen molar-refractivity contribution in [1.29, 1.82) is 0 Å². The fraction of sp³-hybridized carbons (Fsp3) is 0.364. The van der Waals surface area contributed by atoms with Crippen LogP contribution in [0.3, 0.4) is 0 Å². The predicted octanol–water partition coefficient (Wildman–Crippen LogP) is 2.26. The van der Waals surface area contributed by atoms with Crippen LogP contribution in [0.5, 0.6) is 0 Å². The van der Waals surface area contributed by atoms with Gasteiger partial charge in [-0.2, -0.15) is 13.2 Å². The van der Waals surface area contributed by atoms with Crippen molar-refractivity contribution in [2.75, 3.05) is 5.32 Å². The number of carboxylic acids is 1. The summed E-state index contributed by atoms with van der Waals surface area (Å²) >= 11 is 0. The van der Waals surface area contributed by atoms with Crippen molar-refractivity contribution in [3.05, 3.63) is 24.3 Å². The van der Waals surface area contributed by atoms with Crippen molar-refractivity contribution < 1.29 is 31.5 Å². The Morgan fingerprint density at radius 2 is 1.60 bits per heavy atom. The summed E-state index contributed by atoms with van der Waals surface area (Å²) in [6, 6.07) is 3.68. The standard InChI is InChI=1S/C11H12F3NO4S/c1-10(2,9(16)17)15-7-3-5-8(6-4-7)20(18,19)11(12,13)14/h3-6,15H,1-2H3,(H,16,17). The number of hydrogen-bond donors (Lipinski definition) is 2. The molecule has 0 saturated heterocycles. The van der Waals surface area contributed by atoms with Gasteiger partial charge in [-0.15, -0.1) is 0 Å². The molecular formula is C11H12F3NO4S. The molecule has 5 nitrogen and oxygen atoms in total. The second kappa shape index (κ2) is 4.97. The smallest absolute Gasteiger partial charge is 0.480 e. The number of benzene rings is 1. The first-order valence-corrected chi connectivity index (χ1v) is 6.79. The molecule has 1 aromatic carbocycles. The van der Waals surface area contributed by atoms with Crippen LogP contribution in [0.25, 0.3) is 0 Å². The molecule has 9 heteroatoms. The lowest BCUT2D eigenvalue weighted by molar-refractivity contribution is -0.141. The monoisotopic (exact) mass is 311 g/mol. The number of carboxylic acid groups (broad SMARTS) is 1. The SMILES string of the molecule is CC(C)(Nc1ccc(S(=O)(=O)C(F)(F)F)cc1)C(=O)O. The molecule has 0 fully saturated rings. The van der Waals surface area contributed by atoms with Gasteiger partial charge >= 0.3 is 11.5 Å². The third-order valence-corrected chi connectivity index (χ3v) is 3.96. The summed E-state index contributed by atoms with van der Waals surface area (Å²) < 4.78 is 59.2. The third-order valence-electron chi connectivity index (χ3n) is 2.46. The molecule has 0 amide bonds. The zero-order valence-corrected chi connectivity index (χ0v) is 11.3. The quantitative estimate of drug-likeness (QED) is 0.891. The highest BCUT2D eigenvalue weighted by Gasteiger charge is 2.46. The number of nitrogens with one attached hydrogen (secondary N) is 1. The topological polar surface area (TPSA) is 83.5 Å². The number of alkyl halides is 3. The molecule has 0 bridgehead atoms. The molecule has 0 aromatic heterocycles. The molecule has 0 aliphatic carbocycles. The van der Waals surface area contributed by atoms with Crippen LogP contribution in [0.1, 0.15) is 13.8 Å². The average Bonchev–Trinajstić information content (AvgIpc) is 2.27. The summed E-state index contributed by atoms with van der Waals surface area (Å²) in [5.41, 5.74) is -6.52. The molecule has 112 valence electrons. The Morgan fingerprint density at radius 3 is 1.95 bits per heavy atom. The minimum Gasteiger partial charge on any atom is -0.480 e. The van der Waals surface area contributed by atoms with Gasteiger partial charge in [-0.3, -0.25) is 0 Å². The minimum absolute atomic E-state index is 0.193. The lowest BCUT2D eigenvalue weighted by Gasteiger charge is -2.22. The average molecular weight is 311 g/mol. The van der Waals surface area contributed by atoms with E-state index in [1.54, 1.807) is 0 Å². The summed E-state index contributed by atoms with van der Waals surface area (Å²) in [5.74, 6) is -1.16. The first-order valence-electron chi connectivity index (χ1n) is 5.31. The van der Waals surface area contributed by atoms with Gasteiger partial charge in [0, 0.05) is 5.69 Å². The van der Waals surface area contributed by atoms with Gasteiger partial charge in [0.2, 0.25) is 0 Å². The Morgan fingerprint density at radius 1 is 1.15 bits per heavy atom. The first-order chi connectivity index (χ1) is 8.88. The second-order valence-electron chi connectivity index (χ2n) is 4.53. The van der Waals surface area contributed by atoms with Crippen molar-refractivity contribution in [3.63, 3.8) is 0 Å². The maximum absolute atomic E-state index is 12.3. The molecule has 0 unspecified atom stereocenters. The molecule has 0 radical (unpaired) electrons. The van der Waals surface area contributed by atoms with Crippen LogP contribution in [-0.4, -0.2) is 30.5 Å². The zero-order valence-electron chi connectivity index (χ0n) is 10.5. The Balaban J connectivity index is 3.05. The highest BCUT2D eigenvalue weighted by Crippen LogP contribution is 2.30. The van der Waals surface area contributed by atoms with Gasteiger partial charge in [-0.25, -0.2) is 13.2 Å². The Labute approximate surface area is 113 Å². The molecule has 1 rings (SSSR count). The number of halogens is 3. The van der Waals surface area contributed by atoms with E-state index in [0.29, 0.717) is 0 Å². The van der Waals surface area contributed by atoms with Gasteiger partial charge in [0.25, 0.3) is 9.84 Å². The highest BCUT2D eigenvalue weighted by molar-refractivity contribution is 7.92. The van der Waals surface area contributed by atoms with Crippen LogP contribution in [0.15, 0.2) is 29.2 Å². The van der Waals surface area contributed by atoms with Crippen molar-refractivity contribution >= 4 is 21.5 Å². The number of sulfone groups is 1. The molecule has 0 aliphatic heterocycles. The highest BCUT2D eigenvalue weighted by atomic mass is 32.2. The van der Waals surface area contributed by atoms with Crippen LogP contribution in [0.4, 0.5) is 18.9 Å². The number of rotatable bonds is 4. The van der Waals surface area contributed by atoms with E-state index in [1.807, 2.05) is 0 Å². The fourth-order valence-electron chi connectivity index (χ4n) is 1.27. The molecule has 20 heavy (non-hydrogen) atoms. The van der Waals surface area contributed by atoms with Gasteiger partial charge in [0.05, 0.1) is 4.90 Å². The summed E-state index contributed by atoms with van der Waals surface area (Å²) in [6.07, 6.45) is 0. The normalized spacial score (nSPS) is 13.1.